The first-order valence-corrected chi connectivity index (χ1v) is 6.69. The van der Waals surface area contributed by atoms with E-state index in [0.717, 1.165) is 13.1 Å². The van der Waals surface area contributed by atoms with Crippen molar-refractivity contribution in [3.8, 4) is 0 Å². The summed E-state index contributed by atoms with van der Waals surface area (Å²) in [5, 5.41) is 3.51. The number of nitrogens with zero attached hydrogens (tertiary/aromatic N) is 2. The van der Waals surface area contributed by atoms with E-state index in [0.29, 0.717) is 0 Å². The molecule has 3 nitrogen and oxygen atoms in total. The van der Waals surface area contributed by atoms with Crippen molar-refractivity contribution in [1.29, 1.82) is 0 Å². The number of hydrogen-bond donors (Lipinski definition) is 1. The topological polar surface area (TPSA) is 28.2 Å². The molecular formula is C14H23N3. The molecule has 0 atom stereocenters. The van der Waals surface area contributed by atoms with E-state index in [2.05, 4.69) is 28.2 Å². The van der Waals surface area contributed by atoms with E-state index < -0.39 is 0 Å². The van der Waals surface area contributed by atoms with Crippen molar-refractivity contribution >= 4 is 0 Å². The third-order valence-electron chi connectivity index (χ3n) is 3.48. The summed E-state index contributed by atoms with van der Waals surface area (Å²) in [4.78, 5) is 6.68. The molecule has 2 rings (SSSR count). The standard InChI is InChI=1S/C14H23N3/c1-13-11-16-7-5-14(13)12-15-6-4-10-17-8-2-3-9-17/h5,7,11,15H,2-4,6,8-10,12H2,1H3. The van der Waals surface area contributed by atoms with E-state index in [1.807, 2.05) is 12.4 Å². The van der Waals surface area contributed by atoms with E-state index in [1.165, 1.54) is 50.0 Å². The largest absolute Gasteiger partial charge is 0.313 e. The van der Waals surface area contributed by atoms with Crippen LogP contribution < -0.4 is 5.32 Å². The van der Waals surface area contributed by atoms with Crippen LogP contribution in [0.4, 0.5) is 0 Å². The van der Waals surface area contributed by atoms with Crippen LogP contribution in [-0.2, 0) is 6.54 Å². The molecule has 94 valence electrons. The maximum atomic E-state index is 4.11. The second kappa shape index (κ2) is 6.72. The summed E-state index contributed by atoms with van der Waals surface area (Å²) in [6.45, 7) is 8.07. The highest BCUT2D eigenvalue weighted by atomic mass is 15.1. The molecule has 0 bridgehead atoms. The Balaban J connectivity index is 1.58. The molecule has 0 aromatic carbocycles. The molecule has 1 aromatic rings. The lowest BCUT2D eigenvalue weighted by molar-refractivity contribution is 0.331. The van der Waals surface area contributed by atoms with Crippen LogP contribution in [0.15, 0.2) is 18.5 Å². The fourth-order valence-electron chi connectivity index (χ4n) is 2.36. The molecule has 0 aliphatic carbocycles. The van der Waals surface area contributed by atoms with Gasteiger partial charge >= 0.3 is 0 Å². The van der Waals surface area contributed by atoms with Gasteiger partial charge < -0.3 is 10.2 Å². The molecule has 1 aromatic heterocycles. The Morgan fingerprint density at radius 2 is 2.18 bits per heavy atom. The normalized spacial score (nSPS) is 16.5. The van der Waals surface area contributed by atoms with Crippen LogP contribution in [0.5, 0.6) is 0 Å². The maximum absolute atomic E-state index is 4.11. The molecule has 0 unspecified atom stereocenters. The van der Waals surface area contributed by atoms with Crippen LogP contribution in [0, 0.1) is 6.92 Å². The molecule has 1 N–H and O–H groups in total. The van der Waals surface area contributed by atoms with Crippen molar-refractivity contribution in [3.05, 3.63) is 29.6 Å². The SMILES string of the molecule is Cc1cnccc1CNCCCN1CCCC1. The van der Waals surface area contributed by atoms with Crippen LogP contribution in [-0.4, -0.2) is 36.1 Å². The average molecular weight is 233 g/mol. The number of nitrogens with one attached hydrogen (secondary N) is 1. The van der Waals surface area contributed by atoms with Crippen molar-refractivity contribution in [3.63, 3.8) is 0 Å². The number of rotatable bonds is 6. The van der Waals surface area contributed by atoms with Crippen LogP contribution >= 0.6 is 0 Å². The van der Waals surface area contributed by atoms with E-state index >= 15 is 0 Å². The lowest BCUT2D eigenvalue weighted by Gasteiger charge is -2.14. The zero-order valence-electron chi connectivity index (χ0n) is 10.8. The highest BCUT2D eigenvalue weighted by Crippen LogP contribution is 2.07. The van der Waals surface area contributed by atoms with Gasteiger partial charge in [0.15, 0.2) is 0 Å². The highest BCUT2D eigenvalue weighted by molar-refractivity contribution is 5.21. The van der Waals surface area contributed by atoms with Crippen molar-refractivity contribution < 1.29 is 0 Å². The van der Waals surface area contributed by atoms with Crippen LogP contribution in [0.1, 0.15) is 30.4 Å². The summed E-state index contributed by atoms with van der Waals surface area (Å²) in [5.41, 5.74) is 2.64. The van der Waals surface area contributed by atoms with E-state index in [1.54, 1.807) is 0 Å². The first-order chi connectivity index (χ1) is 8.36. The smallest absolute Gasteiger partial charge is 0.0300 e. The van der Waals surface area contributed by atoms with Gasteiger partial charge in [0, 0.05) is 18.9 Å². The number of likely N-dealkylation sites (tertiary alicyclic amines) is 1. The minimum Gasteiger partial charge on any atom is -0.313 e. The van der Waals surface area contributed by atoms with Gasteiger partial charge in [0.2, 0.25) is 0 Å². The molecule has 1 saturated heterocycles. The van der Waals surface area contributed by atoms with Crippen LogP contribution in [0.3, 0.4) is 0 Å². The van der Waals surface area contributed by atoms with Crippen LogP contribution in [0.2, 0.25) is 0 Å². The van der Waals surface area contributed by atoms with Gasteiger partial charge in [-0.15, -0.1) is 0 Å². The summed E-state index contributed by atoms with van der Waals surface area (Å²) in [7, 11) is 0. The van der Waals surface area contributed by atoms with Crippen molar-refractivity contribution in [2.75, 3.05) is 26.2 Å². The lowest BCUT2D eigenvalue weighted by atomic mass is 10.1. The summed E-state index contributed by atoms with van der Waals surface area (Å²) < 4.78 is 0. The number of hydrogen-bond acceptors (Lipinski definition) is 3. The van der Waals surface area contributed by atoms with E-state index in [9.17, 15) is 0 Å². The van der Waals surface area contributed by atoms with E-state index in [-0.39, 0.29) is 0 Å². The van der Waals surface area contributed by atoms with Gasteiger partial charge in [0.1, 0.15) is 0 Å². The molecule has 17 heavy (non-hydrogen) atoms. The highest BCUT2D eigenvalue weighted by Gasteiger charge is 2.09. The fourth-order valence-corrected chi connectivity index (χ4v) is 2.36. The van der Waals surface area contributed by atoms with Gasteiger partial charge in [-0.2, -0.15) is 0 Å². The number of aryl methyl sites for hydroxylation is 1. The van der Waals surface area contributed by atoms with Gasteiger partial charge in [0.25, 0.3) is 0 Å². The fraction of sp³-hybridized carbons (Fsp3) is 0.643. The summed E-state index contributed by atoms with van der Waals surface area (Å²) >= 11 is 0. The third kappa shape index (κ3) is 4.10. The molecule has 1 fully saturated rings. The van der Waals surface area contributed by atoms with Gasteiger partial charge in [-0.3, -0.25) is 4.98 Å². The average Bonchev–Trinajstić information content (AvgIpc) is 2.84. The Labute approximate surface area is 104 Å². The monoisotopic (exact) mass is 233 g/mol. The number of pyridine rings is 1. The van der Waals surface area contributed by atoms with Crippen molar-refractivity contribution in [2.24, 2.45) is 0 Å². The lowest BCUT2D eigenvalue weighted by Crippen LogP contribution is -2.24. The van der Waals surface area contributed by atoms with Gasteiger partial charge in [-0.25, -0.2) is 0 Å². The maximum Gasteiger partial charge on any atom is 0.0300 e. The Kier molecular flexibility index (Phi) is 4.95. The Morgan fingerprint density at radius 3 is 2.94 bits per heavy atom. The molecule has 1 aliphatic rings. The molecule has 0 radical (unpaired) electrons. The minimum atomic E-state index is 0.967. The van der Waals surface area contributed by atoms with Crippen LogP contribution in [0.25, 0.3) is 0 Å². The minimum absolute atomic E-state index is 0.967. The Bertz CT molecular complexity index is 332. The quantitative estimate of drug-likeness (QED) is 0.761. The molecule has 1 aliphatic heterocycles. The molecule has 3 heteroatoms. The zero-order valence-corrected chi connectivity index (χ0v) is 10.8. The molecular weight excluding hydrogens is 210 g/mol. The van der Waals surface area contributed by atoms with Gasteiger partial charge in [0.05, 0.1) is 0 Å². The summed E-state index contributed by atoms with van der Waals surface area (Å²) in [6.07, 6.45) is 7.84. The van der Waals surface area contributed by atoms with Gasteiger partial charge in [-0.05, 0) is 69.6 Å². The third-order valence-corrected chi connectivity index (χ3v) is 3.48. The van der Waals surface area contributed by atoms with E-state index in [4.69, 9.17) is 0 Å². The predicted molar refractivity (Wildman–Crippen MR) is 71.0 cm³/mol. The summed E-state index contributed by atoms with van der Waals surface area (Å²) in [6, 6.07) is 2.10. The summed E-state index contributed by atoms with van der Waals surface area (Å²) in [5.74, 6) is 0. The second-order valence-corrected chi connectivity index (χ2v) is 4.88. The first-order valence-electron chi connectivity index (χ1n) is 6.69. The molecule has 0 saturated carbocycles. The molecule has 0 spiro atoms. The first kappa shape index (κ1) is 12.5. The Morgan fingerprint density at radius 1 is 1.35 bits per heavy atom. The molecule has 2 heterocycles. The van der Waals surface area contributed by atoms with Crippen molar-refractivity contribution in [2.45, 2.75) is 32.7 Å². The zero-order chi connectivity index (χ0) is 11.9. The van der Waals surface area contributed by atoms with Gasteiger partial charge in [-0.1, -0.05) is 0 Å². The molecule has 0 amide bonds. The second-order valence-electron chi connectivity index (χ2n) is 4.88. The Hall–Kier alpha value is -0.930. The predicted octanol–water partition coefficient (Wildman–Crippen LogP) is 1.97. The number of aromatic nitrogens is 1. The van der Waals surface area contributed by atoms with Crippen molar-refractivity contribution in [1.82, 2.24) is 15.2 Å².